The molecule has 0 aromatic heterocycles. The normalized spacial score (nSPS) is 34.1. The molecule has 0 spiro atoms. The fourth-order valence-electron chi connectivity index (χ4n) is 5.93. The van der Waals surface area contributed by atoms with Gasteiger partial charge in [0.25, 0.3) is 0 Å². The lowest BCUT2D eigenvalue weighted by Crippen LogP contribution is -2.74. The topological polar surface area (TPSA) is 138 Å². The van der Waals surface area contributed by atoms with Gasteiger partial charge in [0.2, 0.25) is 5.91 Å². The van der Waals surface area contributed by atoms with Crippen molar-refractivity contribution >= 4 is 34.7 Å². The third-order valence-electron chi connectivity index (χ3n) is 7.31. The van der Waals surface area contributed by atoms with Crippen molar-refractivity contribution < 1.29 is 29.1 Å². The van der Waals surface area contributed by atoms with Crippen LogP contribution in [-0.2, 0) is 25.6 Å². The van der Waals surface area contributed by atoms with Crippen molar-refractivity contribution in [1.29, 1.82) is 0 Å². The Kier molecular flexibility index (Phi) is 5.09. The van der Waals surface area contributed by atoms with Crippen LogP contribution in [0.1, 0.15) is 22.3 Å². The molecule has 1 aromatic carbocycles. The summed E-state index contributed by atoms with van der Waals surface area (Å²) in [5, 5.41) is 11.5. The second-order valence-corrected chi connectivity index (χ2v) is 9.49. The van der Waals surface area contributed by atoms with E-state index < -0.39 is 64.4 Å². The minimum atomic E-state index is -2.62. The molecule has 4 rings (SSSR count). The molecule has 9 heteroatoms. The number of hydrogen-bond acceptors (Lipinski definition) is 8. The van der Waals surface area contributed by atoms with Gasteiger partial charge in [0.1, 0.15) is 0 Å². The Hall–Kier alpha value is -2.91. The number of nitrogens with two attached hydrogens (primary N) is 1. The Labute approximate surface area is 185 Å². The van der Waals surface area contributed by atoms with Crippen molar-refractivity contribution in [3.8, 4) is 0 Å². The second-order valence-electron chi connectivity index (χ2n) is 9.49. The zero-order valence-electron chi connectivity index (χ0n) is 18.5. The average Bonchev–Trinajstić information content (AvgIpc) is 2.70. The molecule has 0 heterocycles. The van der Waals surface area contributed by atoms with E-state index in [2.05, 4.69) is 0 Å². The first-order valence-electron chi connectivity index (χ1n) is 10.6. The number of benzene rings is 1. The predicted octanol–water partition coefficient (Wildman–Crippen LogP) is -0.773. The highest BCUT2D eigenvalue weighted by Crippen LogP contribution is 2.50. The van der Waals surface area contributed by atoms with Gasteiger partial charge >= 0.3 is 0 Å². The van der Waals surface area contributed by atoms with E-state index >= 15 is 0 Å². The number of Topliss-reactive ketones (excluding diaryl/α,β-unsaturated/α-hetero) is 4. The first-order valence-corrected chi connectivity index (χ1v) is 10.6. The fraction of sp³-hybridized carbons (Fsp3) is 0.522. The van der Waals surface area contributed by atoms with Crippen LogP contribution in [-0.4, -0.2) is 78.9 Å². The molecule has 32 heavy (non-hydrogen) atoms. The molecule has 2 saturated carbocycles. The lowest BCUT2D eigenvalue weighted by atomic mass is 9.52. The average molecular weight is 441 g/mol. The summed E-state index contributed by atoms with van der Waals surface area (Å²) in [6.07, 6.45) is 0.520. The second kappa shape index (κ2) is 7.31. The third-order valence-corrected chi connectivity index (χ3v) is 7.31. The van der Waals surface area contributed by atoms with Crippen molar-refractivity contribution in [1.82, 2.24) is 4.90 Å². The third kappa shape index (κ3) is 2.80. The van der Waals surface area contributed by atoms with Crippen molar-refractivity contribution in [2.75, 3.05) is 33.1 Å². The molecule has 1 aromatic rings. The van der Waals surface area contributed by atoms with Crippen LogP contribution in [0.25, 0.3) is 0 Å². The molecular weight excluding hydrogens is 414 g/mol. The molecule has 9 nitrogen and oxygen atoms in total. The van der Waals surface area contributed by atoms with Crippen LogP contribution in [0, 0.1) is 23.7 Å². The highest BCUT2D eigenvalue weighted by molar-refractivity contribution is 6.32. The maximum atomic E-state index is 13.6. The molecule has 2 fully saturated rings. The number of fused-ring (bicyclic) bond motifs is 3. The van der Waals surface area contributed by atoms with E-state index in [1.54, 1.807) is 26.2 Å². The number of hydrogen-bond donors (Lipinski definition) is 2. The molecule has 2 unspecified atom stereocenters. The maximum Gasteiger partial charge on any atom is 0.235 e. The van der Waals surface area contributed by atoms with Crippen molar-refractivity contribution in [3.05, 3.63) is 29.3 Å². The maximum absolute atomic E-state index is 13.6. The van der Waals surface area contributed by atoms with Crippen LogP contribution >= 0.6 is 0 Å². The van der Waals surface area contributed by atoms with Crippen LogP contribution < -0.4 is 10.6 Å². The van der Waals surface area contributed by atoms with Gasteiger partial charge in [-0.05, 0) is 44.5 Å². The Morgan fingerprint density at radius 1 is 1.09 bits per heavy atom. The number of ketones is 4. The summed E-state index contributed by atoms with van der Waals surface area (Å²) in [4.78, 5) is 68.6. The van der Waals surface area contributed by atoms with E-state index in [-0.39, 0.29) is 6.42 Å². The van der Waals surface area contributed by atoms with Crippen molar-refractivity contribution in [2.24, 2.45) is 29.4 Å². The van der Waals surface area contributed by atoms with Gasteiger partial charge in [-0.1, -0.05) is 12.1 Å². The monoisotopic (exact) mass is 441 g/mol. The number of carbonyl (C=O) groups is 5. The van der Waals surface area contributed by atoms with Crippen LogP contribution in [0.15, 0.2) is 18.2 Å². The van der Waals surface area contributed by atoms with Gasteiger partial charge in [-0.3, -0.25) is 28.9 Å². The largest absolute Gasteiger partial charge is 0.377 e. The minimum Gasteiger partial charge on any atom is -0.377 e. The van der Waals surface area contributed by atoms with E-state index in [0.717, 1.165) is 11.3 Å². The summed E-state index contributed by atoms with van der Waals surface area (Å²) in [7, 11) is 6.89. The van der Waals surface area contributed by atoms with Crippen LogP contribution in [0.4, 0.5) is 5.69 Å². The summed E-state index contributed by atoms with van der Waals surface area (Å²) in [6, 6.07) is 4.21. The SMILES string of the molecule is CN(C)c1cccc2c1C[C@H]1C[C@H]3[C@H](N(C)C)C(=O)C(C(N)=O)C(=O)[C@@]3(O)C(=O)C1C2=O. The molecule has 0 aliphatic heterocycles. The molecule has 0 radical (unpaired) electrons. The Bertz CT molecular complexity index is 1060. The molecule has 0 bridgehead atoms. The Balaban J connectivity index is 1.86. The molecule has 1 amide bonds. The van der Waals surface area contributed by atoms with E-state index in [9.17, 15) is 29.1 Å². The van der Waals surface area contributed by atoms with E-state index in [1.165, 1.54) is 4.90 Å². The van der Waals surface area contributed by atoms with Crippen molar-refractivity contribution in [2.45, 2.75) is 24.5 Å². The standard InChI is InChI=1S/C23H27N3O6/c1-25(2)14-7-5-6-11-12(14)8-10-9-13-17(26(3)4)19(28)16(22(24)31)21(30)23(13,32)20(29)15(10)18(11)27/h5-7,10,13,15-17,32H,8-9H2,1-4H3,(H2,24,31)/t10-,13-,15?,16?,17-,23-/m0/s1. The molecule has 0 saturated heterocycles. The van der Waals surface area contributed by atoms with Gasteiger partial charge in [-0.2, -0.15) is 0 Å². The van der Waals surface area contributed by atoms with Crippen LogP contribution in [0.5, 0.6) is 0 Å². The fourth-order valence-corrected chi connectivity index (χ4v) is 5.93. The molecule has 6 atom stereocenters. The summed E-state index contributed by atoms with van der Waals surface area (Å²) in [6.45, 7) is 0. The molecular formula is C23H27N3O6. The number of primary amides is 1. The number of rotatable bonds is 3. The Morgan fingerprint density at radius 3 is 2.31 bits per heavy atom. The lowest BCUT2D eigenvalue weighted by Gasteiger charge is -2.52. The van der Waals surface area contributed by atoms with Crippen LogP contribution in [0.2, 0.25) is 0 Å². The smallest absolute Gasteiger partial charge is 0.235 e. The highest BCUT2D eigenvalue weighted by Gasteiger charge is 2.69. The summed E-state index contributed by atoms with van der Waals surface area (Å²) < 4.78 is 0. The highest BCUT2D eigenvalue weighted by atomic mass is 16.3. The summed E-state index contributed by atoms with van der Waals surface area (Å²) >= 11 is 0. The Morgan fingerprint density at radius 2 is 1.75 bits per heavy atom. The van der Waals surface area contributed by atoms with Gasteiger partial charge < -0.3 is 15.7 Å². The molecule has 3 N–H and O–H groups in total. The van der Waals surface area contributed by atoms with Gasteiger partial charge in [-0.25, -0.2) is 0 Å². The first-order chi connectivity index (χ1) is 14.9. The number of anilines is 1. The molecule has 170 valence electrons. The number of likely N-dealkylation sites (N-methyl/N-ethyl adjacent to an activating group) is 1. The number of carbonyl (C=O) groups excluding carboxylic acids is 5. The van der Waals surface area contributed by atoms with Gasteiger partial charge in [-0.15, -0.1) is 0 Å². The zero-order chi connectivity index (χ0) is 23.7. The van der Waals surface area contributed by atoms with Gasteiger partial charge in [0.15, 0.2) is 34.7 Å². The number of amides is 1. The first kappa shape index (κ1) is 22.3. The van der Waals surface area contributed by atoms with Crippen LogP contribution in [0.3, 0.4) is 0 Å². The summed E-state index contributed by atoms with van der Waals surface area (Å²) in [5.74, 6) is -9.18. The number of nitrogens with zero attached hydrogens (tertiary/aromatic N) is 2. The minimum absolute atomic E-state index is 0.117. The molecule has 3 aliphatic carbocycles. The lowest BCUT2D eigenvalue weighted by molar-refractivity contribution is -0.181. The van der Waals surface area contributed by atoms with Crippen molar-refractivity contribution in [3.63, 3.8) is 0 Å². The molecule has 3 aliphatic rings. The van der Waals surface area contributed by atoms with Gasteiger partial charge in [0, 0.05) is 31.3 Å². The summed E-state index contributed by atoms with van der Waals surface area (Å²) in [5.41, 5.74) is 4.76. The number of aliphatic hydroxyl groups is 1. The quantitative estimate of drug-likeness (QED) is 0.583. The predicted molar refractivity (Wildman–Crippen MR) is 114 cm³/mol. The van der Waals surface area contributed by atoms with Gasteiger partial charge in [0.05, 0.1) is 12.0 Å². The zero-order valence-corrected chi connectivity index (χ0v) is 18.5. The van der Waals surface area contributed by atoms with E-state index in [0.29, 0.717) is 12.0 Å². The van der Waals surface area contributed by atoms with E-state index in [1.807, 2.05) is 25.1 Å². The van der Waals surface area contributed by atoms with E-state index in [4.69, 9.17) is 5.73 Å².